The van der Waals surface area contributed by atoms with Crippen molar-refractivity contribution >= 4 is 77.2 Å². The Morgan fingerprint density at radius 2 is 1.00 bits per heavy atom. The maximum Gasteiger partial charge on any atom is 0 e. The molecule has 0 N–H and O–H groups in total. The molecule has 0 aromatic rings. The van der Waals surface area contributed by atoms with Crippen molar-refractivity contribution in [1.29, 1.82) is 0 Å². The molecule has 4 heteroatoms. The van der Waals surface area contributed by atoms with Crippen molar-refractivity contribution in [2.24, 2.45) is 0 Å². The van der Waals surface area contributed by atoms with E-state index in [0.717, 1.165) is 0 Å². The third kappa shape index (κ3) is 19.9. The molecule has 0 nitrogen and oxygen atoms in total. The third-order valence-corrected chi connectivity index (χ3v) is 0. The van der Waals surface area contributed by atoms with Crippen LogP contribution in [0.5, 0.6) is 0 Å². The van der Waals surface area contributed by atoms with Crippen molar-refractivity contribution in [1.82, 2.24) is 0 Å². The van der Waals surface area contributed by atoms with Crippen molar-refractivity contribution in [3.05, 3.63) is 0 Å². The van der Waals surface area contributed by atoms with Crippen molar-refractivity contribution in [2.45, 2.75) is 7.43 Å². The fourth-order valence-electron chi connectivity index (χ4n) is 0. The predicted octanol–water partition coefficient (Wildman–Crippen LogP) is -2.92. The molecule has 0 aliphatic heterocycles. The Morgan fingerprint density at radius 1 is 1.00 bits per heavy atom. The van der Waals surface area contributed by atoms with E-state index in [1.165, 1.54) is 0 Å². The van der Waals surface area contributed by atoms with Crippen molar-refractivity contribution in [3.63, 3.8) is 0 Å². The second-order valence-corrected chi connectivity index (χ2v) is 0. The van der Waals surface area contributed by atoms with Crippen molar-refractivity contribution < 1.29 is 17.1 Å². The SMILES string of the molecule is C.[AlH3].[BaH2].[Mn].[SiH4]. The first-order valence-electron chi connectivity index (χ1n) is 0. The molecule has 0 bridgehead atoms. The summed E-state index contributed by atoms with van der Waals surface area (Å²) in [7, 11) is 0. The van der Waals surface area contributed by atoms with Crippen LogP contribution in [0.1, 0.15) is 7.43 Å². The standard InChI is InChI=1S/CH4.Al.Ba.Mn.H4Si.5H/h1H4;;;;1H4;;;;;. The summed E-state index contributed by atoms with van der Waals surface area (Å²) in [6.45, 7) is 0. The Labute approximate surface area is 99.6 Å². The summed E-state index contributed by atoms with van der Waals surface area (Å²) in [5.74, 6) is 0. The molecule has 0 saturated heterocycles. The average Bonchev–Trinajstić information content (AvgIpc) is 0. The Hall–Kier alpha value is 2.84. The van der Waals surface area contributed by atoms with Crippen LogP contribution in [0, 0.1) is 0 Å². The van der Waals surface area contributed by atoms with Crippen molar-refractivity contribution in [2.75, 3.05) is 0 Å². The van der Waals surface area contributed by atoms with Gasteiger partial charge in [-0.1, -0.05) is 7.43 Å². The molecule has 0 rings (SSSR count). The first-order chi connectivity index (χ1) is 0. The Bertz CT molecular complexity index is 11.6. The van der Waals surface area contributed by atoms with Crippen LogP contribution in [-0.4, -0.2) is 77.2 Å². The summed E-state index contributed by atoms with van der Waals surface area (Å²) in [5, 5.41) is 0. The van der Waals surface area contributed by atoms with Gasteiger partial charge in [0.2, 0.25) is 0 Å². The second kappa shape index (κ2) is 28.9. The van der Waals surface area contributed by atoms with E-state index in [9.17, 15) is 0 Å². The van der Waals surface area contributed by atoms with Crippen LogP contribution in [0.3, 0.4) is 0 Å². The van der Waals surface area contributed by atoms with Crippen LogP contribution in [0.2, 0.25) is 0 Å². The fraction of sp³-hybridized carbons (Fsp3) is 1.00. The van der Waals surface area contributed by atoms with Gasteiger partial charge in [0.05, 0.1) is 0 Å². The molecule has 0 aromatic heterocycles. The van der Waals surface area contributed by atoms with Gasteiger partial charge in [-0.3, -0.25) is 0 Å². The quantitative estimate of drug-likeness (QED) is 0.415. The largest absolute Gasteiger partial charge is 0.0149 e. The van der Waals surface area contributed by atoms with E-state index in [0.29, 0.717) is 0 Å². The van der Waals surface area contributed by atoms with Crippen LogP contribution >= 0.6 is 0 Å². The summed E-state index contributed by atoms with van der Waals surface area (Å²) < 4.78 is 0. The smallest absolute Gasteiger partial charge is 0 e. The molecule has 0 aromatic carbocycles. The minimum Gasteiger partial charge on any atom is -0.0149 e. The van der Waals surface area contributed by atoms with E-state index in [1.807, 2.05) is 0 Å². The van der Waals surface area contributed by atoms with E-state index >= 15 is 0 Å². The van der Waals surface area contributed by atoms with E-state index in [1.54, 1.807) is 0 Å². The van der Waals surface area contributed by atoms with Crippen LogP contribution in [-0.2, 0) is 17.1 Å². The normalized spacial score (nSPS) is 0. The number of hydrogen-bond donors (Lipinski definition) is 0. The molecule has 0 aliphatic carbocycles. The maximum atomic E-state index is 0. The summed E-state index contributed by atoms with van der Waals surface area (Å²) in [6, 6.07) is 0. The van der Waals surface area contributed by atoms with Gasteiger partial charge < -0.3 is 0 Å². The first kappa shape index (κ1) is 45.5. The molecular formula is CH13AlBaMnSi. The zero-order chi connectivity index (χ0) is 0. The second-order valence-electron chi connectivity index (χ2n) is 0. The molecule has 0 saturated carbocycles. The summed E-state index contributed by atoms with van der Waals surface area (Å²) >= 11 is 0. The minimum absolute atomic E-state index is 0. The molecular weight excluding hydrogens is 259 g/mol. The third-order valence-electron chi connectivity index (χ3n) is 0. The number of hydrogen-bond acceptors (Lipinski definition) is 0. The van der Waals surface area contributed by atoms with Gasteiger partial charge in [-0.2, -0.15) is 0 Å². The van der Waals surface area contributed by atoms with Crippen LogP contribution < -0.4 is 0 Å². The molecule has 1 radical (unpaired) electrons. The molecule has 0 aliphatic rings. The van der Waals surface area contributed by atoms with Crippen LogP contribution in [0.4, 0.5) is 0 Å². The van der Waals surface area contributed by atoms with Gasteiger partial charge in [0.25, 0.3) is 0 Å². The Morgan fingerprint density at radius 3 is 1.00 bits per heavy atom. The molecule has 0 unspecified atom stereocenters. The summed E-state index contributed by atoms with van der Waals surface area (Å²) in [5.41, 5.74) is 0. The molecule has 0 heterocycles. The molecule has 5 heavy (non-hydrogen) atoms. The summed E-state index contributed by atoms with van der Waals surface area (Å²) in [4.78, 5) is 0. The topological polar surface area (TPSA) is 0 Å². The van der Waals surface area contributed by atoms with Gasteiger partial charge in [0.1, 0.15) is 0 Å². The Balaban J connectivity index is 0. The molecule has 0 spiro atoms. The average molecular weight is 272 g/mol. The van der Waals surface area contributed by atoms with E-state index in [-0.39, 0.29) is 102 Å². The van der Waals surface area contributed by atoms with Gasteiger partial charge >= 0.3 is 48.9 Å². The zero-order valence-electron chi connectivity index (χ0n) is 0.378. The molecule has 0 amide bonds. The fourth-order valence-corrected chi connectivity index (χ4v) is 0. The van der Waals surface area contributed by atoms with Crippen LogP contribution in [0.15, 0.2) is 0 Å². The van der Waals surface area contributed by atoms with Gasteiger partial charge in [0.15, 0.2) is 17.4 Å². The van der Waals surface area contributed by atoms with Crippen LogP contribution in [0.25, 0.3) is 0 Å². The van der Waals surface area contributed by atoms with Gasteiger partial charge in [-0.15, -0.1) is 0 Å². The molecule has 0 fully saturated rings. The number of rotatable bonds is 0. The summed E-state index contributed by atoms with van der Waals surface area (Å²) in [6.07, 6.45) is 0. The first-order valence-corrected chi connectivity index (χ1v) is 0. The van der Waals surface area contributed by atoms with E-state index < -0.39 is 0 Å². The predicted molar refractivity (Wildman–Crippen MR) is 36.5 cm³/mol. The molecule has 33 valence electrons. The van der Waals surface area contributed by atoms with Crippen molar-refractivity contribution in [3.8, 4) is 0 Å². The van der Waals surface area contributed by atoms with Gasteiger partial charge in [-0.05, 0) is 11.0 Å². The Kier molecular flexibility index (Phi) is 263. The van der Waals surface area contributed by atoms with Gasteiger partial charge in [-0.25, -0.2) is 0 Å². The maximum absolute atomic E-state index is 0. The molecule has 0 atom stereocenters. The van der Waals surface area contributed by atoms with E-state index in [2.05, 4.69) is 0 Å². The monoisotopic (exact) mass is 273 g/mol. The minimum atomic E-state index is 0. The van der Waals surface area contributed by atoms with E-state index in [4.69, 9.17) is 0 Å². The van der Waals surface area contributed by atoms with Gasteiger partial charge in [0, 0.05) is 17.1 Å². The zero-order valence-corrected chi connectivity index (χ0v) is 1.56.